The Morgan fingerprint density at radius 1 is 0.950 bits per heavy atom. The van der Waals surface area contributed by atoms with Crippen molar-refractivity contribution in [2.75, 3.05) is 0 Å². The molecule has 0 saturated heterocycles. The van der Waals surface area contributed by atoms with Gasteiger partial charge in [-0.2, -0.15) is 0 Å². The van der Waals surface area contributed by atoms with Gasteiger partial charge in [-0.05, 0) is 16.7 Å². The van der Waals surface area contributed by atoms with Gasteiger partial charge in [-0.3, -0.25) is 4.79 Å². The maximum atomic E-state index is 11.0. The zero-order valence-corrected chi connectivity index (χ0v) is 11.4. The van der Waals surface area contributed by atoms with Gasteiger partial charge in [-0.25, -0.2) is 0 Å². The number of hydrogen-bond acceptors (Lipinski definition) is 2. The highest BCUT2D eigenvalue weighted by atomic mass is 16.5. The standard InChI is InChI=1S/C18H16O2/c1-14(16-9-5-3-6-10-16)18(13-20-15(2)19)17-11-7-4-8-12-17/h3-13H,1H2,2H3. The molecule has 0 fully saturated rings. The Morgan fingerprint density at radius 3 is 1.95 bits per heavy atom. The molecule has 2 heteroatoms. The normalized spacial score (nSPS) is 10.9. The summed E-state index contributed by atoms with van der Waals surface area (Å²) in [5.74, 6) is -0.348. The molecule has 0 bridgehead atoms. The van der Waals surface area contributed by atoms with Gasteiger partial charge in [0, 0.05) is 12.5 Å². The fourth-order valence-electron chi connectivity index (χ4n) is 1.87. The molecule has 2 aromatic carbocycles. The molecule has 0 saturated carbocycles. The summed E-state index contributed by atoms with van der Waals surface area (Å²) < 4.78 is 5.04. The fourth-order valence-corrected chi connectivity index (χ4v) is 1.87. The molecule has 2 rings (SSSR count). The lowest BCUT2D eigenvalue weighted by molar-refractivity contribution is -0.135. The van der Waals surface area contributed by atoms with Crippen molar-refractivity contribution >= 4 is 17.1 Å². The number of rotatable bonds is 4. The second kappa shape index (κ2) is 6.53. The molecule has 0 radical (unpaired) electrons. The monoisotopic (exact) mass is 264 g/mol. The number of esters is 1. The van der Waals surface area contributed by atoms with Crippen LogP contribution in [-0.4, -0.2) is 5.97 Å². The first kappa shape index (κ1) is 13.8. The van der Waals surface area contributed by atoms with Crippen LogP contribution in [0.5, 0.6) is 0 Å². The maximum absolute atomic E-state index is 11.0. The summed E-state index contributed by atoms with van der Waals surface area (Å²) in [6.45, 7) is 5.50. The maximum Gasteiger partial charge on any atom is 0.307 e. The molecule has 20 heavy (non-hydrogen) atoms. The summed E-state index contributed by atoms with van der Waals surface area (Å²) in [5.41, 5.74) is 3.57. The van der Waals surface area contributed by atoms with Gasteiger partial charge in [0.15, 0.2) is 0 Å². The summed E-state index contributed by atoms with van der Waals surface area (Å²) in [6, 6.07) is 19.6. The molecule has 100 valence electrons. The number of carbonyl (C=O) groups is 1. The molecule has 0 amide bonds. The third-order valence-corrected chi connectivity index (χ3v) is 2.87. The molecular weight excluding hydrogens is 248 g/mol. The highest BCUT2D eigenvalue weighted by Gasteiger charge is 2.09. The Labute approximate surface area is 119 Å². The van der Waals surface area contributed by atoms with Crippen LogP contribution in [0.25, 0.3) is 11.1 Å². The molecule has 0 atom stereocenters. The van der Waals surface area contributed by atoms with E-state index >= 15 is 0 Å². The van der Waals surface area contributed by atoms with Crippen LogP contribution >= 0.6 is 0 Å². The van der Waals surface area contributed by atoms with Crippen LogP contribution in [0, 0.1) is 0 Å². The third-order valence-electron chi connectivity index (χ3n) is 2.87. The number of allylic oxidation sites excluding steroid dienone is 2. The van der Waals surface area contributed by atoms with Crippen LogP contribution in [0.3, 0.4) is 0 Å². The van der Waals surface area contributed by atoms with Crippen molar-refractivity contribution in [3.05, 3.63) is 84.6 Å². The van der Waals surface area contributed by atoms with Crippen LogP contribution < -0.4 is 0 Å². The molecule has 0 unspecified atom stereocenters. The Bertz CT molecular complexity index is 625. The minimum Gasteiger partial charge on any atom is -0.434 e. The van der Waals surface area contributed by atoms with Crippen LogP contribution in [-0.2, 0) is 9.53 Å². The SMILES string of the molecule is C=C(C(=COC(C)=O)c1ccccc1)c1ccccc1. The van der Waals surface area contributed by atoms with E-state index in [0.29, 0.717) is 0 Å². The van der Waals surface area contributed by atoms with E-state index in [1.165, 1.54) is 13.2 Å². The second-order valence-corrected chi connectivity index (χ2v) is 4.35. The summed E-state index contributed by atoms with van der Waals surface area (Å²) in [5, 5.41) is 0. The summed E-state index contributed by atoms with van der Waals surface area (Å²) in [4.78, 5) is 11.0. The third kappa shape index (κ3) is 3.45. The Hall–Kier alpha value is -2.61. The summed E-state index contributed by atoms with van der Waals surface area (Å²) >= 11 is 0. The van der Waals surface area contributed by atoms with Gasteiger partial charge in [0.2, 0.25) is 0 Å². The van der Waals surface area contributed by atoms with Crippen LogP contribution in [0.1, 0.15) is 18.1 Å². The van der Waals surface area contributed by atoms with Gasteiger partial charge >= 0.3 is 5.97 Å². The van der Waals surface area contributed by atoms with E-state index in [1.54, 1.807) is 0 Å². The lowest BCUT2D eigenvalue weighted by Crippen LogP contribution is -1.95. The minimum atomic E-state index is -0.348. The van der Waals surface area contributed by atoms with Crippen molar-refractivity contribution in [2.45, 2.75) is 6.92 Å². The first-order valence-corrected chi connectivity index (χ1v) is 6.36. The van der Waals surface area contributed by atoms with E-state index in [-0.39, 0.29) is 5.97 Å². The van der Waals surface area contributed by atoms with E-state index in [9.17, 15) is 4.79 Å². The van der Waals surface area contributed by atoms with Gasteiger partial charge < -0.3 is 4.74 Å². The molecule has 0 aromatic heterocycles. The predicted molar refractivity (Wildman–Crippen MR) is 81.7 cm³/mol. The van der Waals surface area contributed by atoms with E-state index in [0.717, 1.165) is 22.3 Å². The Morgan fingerprint density at radius 2 is 1.45 bits per heavy atom. The van der Waals surface area contributed by atoms with Crippen molar-refractivity contribution in [3.8, 4) is 0 Å². The van der Waals surface area contributed by atoms with Gasteiger partial charge in [-0.15, -0.1) is 0 Å². The van der Waals surface area contributed by atoms with Gasteiger partial charge in [0.05, 0.1) is 0 Å². The first-order chi connectivity index (χ1) is 9.68. The fraction of sp³-hybridized carbons (Fsp3) is 0.0556. The van der Waals surface area contributed by atoms with Crippen LogP contribution in [0.15, 0.2) is 73.5 Å². The van der Waals surface area contributed by atoms with Crippen LogP contribution in [0.4, 0.5) is 0 Å². The second-order valence-electron chi connectivity index (χ2n) is 4.35. The van der Waals surface area contributed by atoms with Crippen molar-refractivity contribution in [1.82, 2.24) is 0 Å². The molecule has 0 aliphatic rings. The average Bonchev–Trinajstić information content (AvgIpc) is 2.49. The zero-order chi connectivity index (χ0) is 14.4. The van der Waals surface area contributed by atoms with Crippen molar-refractivity contribution in [1.29, 1.82) is 0 Å². The molecule has 0 heterocycles. The zero-order valence-electron chi connectivity index (χ0n) is 11.4. The molecule has 0 spiro atoms. The molecular formula is C18H16O2. The average molecular weight is 264 g/mol. The van der Waals surface area contributed by atoms with Crippen LogP contribution in [0.2, 0.25) is 0 Å². The lowest BCUT2D eigenvalue weighted by Gasteiger charge is -2.11. The number of benzene rings is 2. The molecule has 2 nitrogen and oxygen atoms in total. The largest absolute Gasteiger partial charge is 0.434 e. The van der Waals surface area contributed by atoms with Crippen molar-refractivity contribution in [2.24, 2.45) is 0 Å². The Balaban J connectivity index is 2.40. The van der Waals surface area contributed by atoms with Crippen molar-refractivity contribution < 1.29 is 9.53 Å². The number of carbonyl (C=O) groups excluding carboxylic acids is 1. The molecule has 0 aliphatic carbocycles. The summed E-state index contributed by atoms with van der Waals surface area (Å²) in [6.07, 6.45) is 1.47. The van der Waals surface area contributed by atoms with Crippen molar-refractivity contribution in [3.63, 3.8) is 0 Å². The smallest absolute Gasteiger partial charge is 0.307 e. The highest BCUT2D eigenvalue weighted by molar-refractivity contribution is 6.03. The lowest BCUT2D eigenvalue weighted by atomic mass is 9.95. The highest BCUT2D eigenvalue weighted by Crippen LogP contribution is 2.29. The van der Waals surface area contributed by atoms with E-state index < -0.39 is 0 Å². The van der Waals surface area contributed by atoms with E-state index in [1.807, 2.05) is 60.7 Å². The molecule has 0 aliphatic heterocycles. The predicted octanol–water partition coefficient (Wildman–Crippen LogP) is 4.30. The van der Waals surface area contributed by atoms with Gasteiger partial charge in [0.1, 0.15) is 6.26 Å². The number of ether oxygens (including phenoxy) is 1. The molecule has 2 aromatic rings. The molecule has 0 N–H and O–H groups in total. The van der Waals surface area contributed by atoms with E-state index in [4.69, 9.17) is 4.74 Å². The topological polar surface area (TPSA) is 26.3 Å². The minimum absolute atomic E-state index is 0.348. The van der Waals surface area contributed by atoms with Gasteiger partial charge in [-0.1, -0.05) is 67.2 Å². The number of hydrogen-bond donors (Lipinski definition) is 0. The first-order valence-electron chi connectivity index (χ1n) is 6.36. The Kier molecular flexibility index (Phi) is 4.51. The summed E-state index contributed by atoms with van der Waals surface area (Å²) in [7, 11) is 0. The quantitative estimate of drug-likeness (QED) is 0.467. The van der Waals surface area contributed by atoms with E-state index in [2.05, 4.69) is 6.58 Å². The van der Waals surface area contributed by atoms with Gasteiger partial charge in [0.25, 0.3) is 0 Å².